The van der Waals surface area contributed by atoms with Crippen LogP contribution in [0.3, 0.4) is 0 Å². The van der Waals surface area contributed by atoms with Crippen molar-refractivity contribution in [1.29, 1.82) is 0 Å². The normalized spacial score (nSPS) is 14.9. The molecule has 4 heterocycles. The molecule has 0 unspecified atom stereocenters. The van der Waals surface area contributed by atoms with E-state index in [1.165, 1.54) is 11.3 Å². The molecule has 1 fully saturated rings. The lowest BCUT2D eigenvalue weighted by atomic mass is 10.2. The van der Waals surface area contributed by atoms with E-state index in [1.807, 2.05) is 42.1 Å². The lowest BCUT2D eigenvalue weighted by molar-refractivity contribution is -0.117. The number of carbonyl (C=O) groups is 1. The highest BCUT2D eigenvalue weighted by atomic mass is 32.1. The Kier molecular flexibility index (Phi) is 5.59. The fourth-order valence-electron chi connectivity index (χ4n) is 3.70. The molecule has 8 nitrogen and oxygen atoms in total. The minimum atomic E-state index is -0.0110. The fourth-order valence-corrected chi connectivity index (χ4v) is 4.40. The predicted octanol–water partition coefficient (Wildman–Crippen LogP) is 2.41. The molecule has 0 aliphatic carbocycles. The Bertz CT molecular complexity index is 990. The van der Waals surface area contributed by atoms with Gasteiger partial charge in [-0.25, -0.2) is 14.6 Å². The van der Waals surface area contributed by atoms with E-state index in [0.29, 0.717) is 11.7 Å². The zero-order valence-corrected chi connectivity index (χ0v) is 17.7. The zero-order chi connectivity index (χ0) is 20.4. The van der Waals surface area contributed by atoms with Gasteiger partial charge in [-0.15, -0.1) is 11.3 Å². The summed E-state index contributed by atoms with van der Waals surface area (Å²) in [7, 11) is 0. The molecule has 4 rings (SSSR count). The predicted molar refractivity (Wildman–Crippen MR) is 115 cm³/mol. The van der Waals surface area contributed by atoms with Crippen LogP contribution in [0, 0.1) is 20.8 Å². The van der Waals surface area contributed by atoms with Crippen LogP contribution in [0.4, 0.5) is 10.8 Å². The van der Waals surface area contributed by atoms with Crippen molar-refractivity contribution in [3.63, 3.8) is 0 Å². The smallest absolute Gasteiger partial charge is 0.240 e. The van der Waals surface area contributed by atoms with Crippen LogP contribution in [-0.4, -0.2) is 63.3 Å². The van der Waals surface area contributed by atoms with Gasteiger partial charge < -0.3 is 10.2 Å². The van der Waals surface area contributed by atoms with Crippen molar-refractivity contribution in [1.82, 2.24) is 24.6 Å². The first-order valence-corrected chi connectivity index (χ1v) is 10.6. The number of aryl methyl sites for hydroxylation is 2. The standard InChI is InChI=1S/C20H25N7OS/c1-14-13-29-20(22-14)23-18(28)12-25-8-10-26(11-9-25)19-15(2)24-27(16(19)3)17-6-4-5-7-21-17/h4-7,13H,8-12H2,1-3H3,(H,22,23,28). The molecule has 3 aromatic rings. The number of anilines is 2. The van der Waals surface area contributed by atoms with E-state index in [2.05, 4.69) is 32.0 Å². The summed E-state index contributed by atoms with van der Waals surface area (Å²) < 4.78 is 1.90. The molecule has 3 aromatic heterocycles. The molecule has 0 bridgehead atoms. The minimum absolute atomic E-state index is 0.0110. The van der Waals surface area contributed by atoms with Gasteiger partial charge in [0.15, 0.2) is 10.9 Å². The number of rotatable bonds is 5. The maximum atomic E-state index is 12.3. The average Bonchev–Trinajstić information content (AvgIpc) is 3.25. The van der Waals surface area contributed by atoms with Gasteiger partial charge in [0.25, 0.3) is 0 Å². The van der Waals surface area contributed by atoms with E-state index in [9.17, 15) is 4.79 Å². The summed E-state index contributed by atoms with van der Waals surface area (Å²) in [6.07, 6.45) is 1.78. The third kappa shape index (κ3) is 4.30. The van der Waals surface area contributed by atoms with E-state index in [-0.39, 0.29) is 5.91 Å². The van der Waals surface area contributed by atoms with Crippen LogP contribution in [0.25, 0.3) is 5.82 Å². The maximum absolute atomic E-state index is 12.3. The Labute approximate surface area is 174 Å². The van der Waals surface area contributed by atoms with Crippen LogP contribution >= 0.6 is 11.3 Å². The number of carbonyl (C=O) groups excluding carboxylic acids is 1. The van der Waals surface area contributed by atoms with Gasteiger partial charge in [0.05, 0.1) is 29.3 Å². The second-order valence-corrected chi connectivity index (χ2v) is 8.08. The van der Waals surface area contributed by atoms with Crippen molar-refractivity contribution < 1.29 is 4.79 Å². The number of hydrogen-bond acceptors (Lipinski definition) is 7. The molecule has 1 N–H and O–H groups in total. The van der Waals surface area contributed by atoms with Gasteiger partial charge in [-0.05, 0) is 32.9 Å². The van der Waals surface area contributed by atoms with Gasteiger partial charge in [-0.3, -0.25) is 9.69 Å². The number of nitrogens with one attached hydrogen (secondary N) is 1. The Morgan fingerprint density at radius 2 is 1.97 bits per heavy atom. The molecule has 1 saturated heterocycles. The fraction of sp³-hybridized carbons (Fsp3) is 0.400. The third-order valence-corrected chi connectivity index (χ3v) is 5.92. The molecule has 9 heteroatoms. The van der Waals surface area contributed by atoms with Crippen molar-refractivity contribution in [3.05, 3.63) is 46.9 Å². The first kappa shape index (κ1) is 19.5. The largest absolute Gasteiger partial charge is 0.366 e. The van der Waals surface area contributed by atoms with E-state index >= 15 is 0 Å². The average molecular weight is 412 g/mol. The Hall–Kier alpha value is -2.78. The topological polar surface area (TPSA) is 79.2 Å². The molecular weight excluding hydrogens is 386 g/mol. The van der Waals surface area contributed by atoms with Gasteiger partial charge in [0.2, 0.25) is 5.91 Å². The zero-order valence-electron chi connectivity index (χ0n) is 16.9. The summed E-state index contributed by atoms with van der Waals surface area (Å²) in [5.74, 6) is 0.815. The highest BCUT2D eigenvalue weighted by molar-refractivity contribution is 7.13. The van der Waals surface area contributed by atoms with Crippen LogP contribution in [0.1, 0.15) is 17.1 Å². The quantitative estimate of drug-likeness (QED) is 0.695. The first-order valence-electron chi connectivity index (χ1n) is 9.68. The summed E-state index contributed by atoms with van der Waals surface area (Å²) in [6.45, 7) is 9.81. The van der Waals surface area contributed by atoms with Gasteiger partial charge in [-0.1, -0.05) is 6.07 Å². The number of pyridine rings is 1. The van der Waals surface area contributed by atoms with Crippen LogP contribution < -0.4 is 10.2 Å². The molecule has 1 aliphatic heterocycles. The van der Waals surface area contributed by atoms with Crippen molar-refractivity contribution >= 4 is 28.1 Å². The van der Waals surface area contributed by atoms with E-state index in [0.717, 1.165) is 54.8 Å². The summed E-state index contributed by atoms with van der Waals surface area (Å²) >= 11 is 1.46. The number of thiazole rings is 1. The van der Waals surface area contributed by atoms with Crippen molar-refractivity contribution in [2.45, 2.75) is 20.8 Å². The number of nitrogens with zero attached hydrogens (tertiary/aromatic N) is 6. The van der Waals surface area contributed by atoms with Crippen LogP contribution in [0.15, 0.2) is 29.8 Å². The summed E-state index contributed by atoms with van der Waals surface area (Å²) in [5.41, 5.74) is 4.18. The molecule has 0 radical (unpaired) electrons. The minimum Gasteiger partial charge on any atom is -0.366 e. The highest BCUT2D eigenvalue weighted by Gasteiger charge is 2.24. The monoisotopic (exact) mass is 411 g/mol. The Balaban J connectivity index is 1.37. The molecule has 0 atom stereocenters. The van der Waals surface area contributed by atoms with Gasteiger partial charge in [0.1, 0.15) is 0 Å². The lowest BCUT2D eigenvalue weighted by Gasteiger charge is -2.35. The lowest BCUT2D eigenvalue weighted by Crippen LogP contribution is -2.49. The molecule has 29 heavy (non-hydrogen) atoms. The van der Waals surface area contributed by atoms with Crippen molar-refractivity contribution in [2.75, 3.05) is 42.9 Å². The van der Waals surface area contributed by atoms with E-state index in [4.69, 9.17) is 5.10 Å². The molecule has 0 spiro atoms. The maximum Gasteiger partial charge on any atom is 0.240 e. The number of piperazine rings is 1. The molecule has 0 saturated carbocycles. The van der Waals surface area contributed by atoms with Crippen LogP contribution in [0.2, 0.25) is 0 Å². The molecule has 0 aromatic carbocycles. The second-order valence-electron chi connectivity index (χ2n) is 7.22. The molecule has 1 aliphatic rings. The van der Waals surface area contributed by atoms with Crippen LogP contribution in [0.5, 0.6) is 0 Å². The summed E-state index contributed by atoms with van der Waals surface area (Å²) in [6, 6.07) is 5.83. The number of hydrogen-bond donors (Lipinski definition) is 1. The first-order chi connectivity index (χ1) is 14.0. The van der Waals surface area contributed by atoms with Gasteiger partial charge in [0, 0.05) is 37.8 Å². The van der Waals surface area contributed by atoms with Crippen molar-refractivity contribution in [2.24, 2.45) is 0 Å². The Morgan fingerprint density at radius 1 is 1.17 bits per heavy atom. The van der Waals surface area contributed by atoms with Gasteiger partial charge >= 0.3 is 0 Å². The molecule has 1 amide bonds. The van der Waals surface area contributed by atoms with E-state index in [1.54, 1.807) is 6.20 Å². The van der Waals surface area contributed by atoms with Crippen molar-refractivity contribution in [3.8, 4) is 5.82 Å². The summed E-state index contributed by atoms with van der Waals surface area (Å²) in [4.78, 5) is 25.5. The second kappa shape index (κ2) is 8.30. The number of amides is 1. The number of aromatic nitrogens is 4. The SMILES string of the molecule is Cc1csc(NC(=O)CN2CCN(c3c(C)nn(-c4ccccn4)c3C)CC2)n1. The summed E-state index contributed by atoms with van der Waals surface area (Å²) in [5, 5.41) is 10.2. The van der Waals surface area contributed by atoms with E-state index < -0.39 is 0 Å². The molecular formula is C20H25N7OS. The Morgan fingerprint density at radius 3 is 2.62 bits per heavy atom. The highest BCUT2D eigenvalue weighted by Crippen LogP contribution is 2.27. The van der Waals surface area contributed by atoms with Crippen LogP contribution in [-0.2, 0) is 4.79 Å². The molecule has 152 valence electrons. The third-order valence-electron chi connectivity index (χ3n) is 5.04. The van der Waals surface area contributed by atoms with Gasteiger partial charge in [-0.2, -0.15) is 5.10 Å².